The van der Waals surface area contributed by atoms with Crippen molar-refractivity contribution in [3.8, 4) is 0 Å². The molecule has 0 aliphatic rings. The lowest BCUT2D eigenvalue weighted by molar-refractivity contribution is 0.0241. The molecule has 0 amide bonds. The fraction of sp³-hybridized carbons (Fsp3) is 0.600. The highest BCUT2D eigenvalue weighted by molar-refractivity contribution is 5.16. The summed E-state index contributed by atoms with van der Waals surface area (Å²) >= 11 is 0. The third kappa shape index (κ3) is 6.96. The maximum atomic E-state index is 13.3. The molecule has 114 valence electrons. The van der Waals surface area contributed by atoms with Gasteiger partial charge in [0, 0.05) is 25.3 Å². The fourth-order valence-electron chi connectivity index (χ4n) is 1.78. The minimum Gasteiger partial charge on any atom is -0.389 e. The first-order chi connectivity index (χ1) is 9.63. The molecule has 1 aromatic rings. The smallest absolute Gasteiger partial charge is 0.128 e. The molecule has 5 heteroatoms. The van der Waals surface area contributed by atoms with Crippen molar-refractivity contribution >= 4 is 0 Å². The Balaban J connectivity index is 2.11. The quantitative estimate of drug-likeness (QED) is 0.687. The average Bonchev–Trinajstić information content (AvgIpc) is 2.41. The van der Waals surface area contributed by atoms with Crippen LogP contribution in [0.2, 0.25) is 0 Å². The lowest BCUT2D eigenvalue weighted by Crippen LogP contribution is -2.35. The molecule has 0 radical (unpaired) electrons. The molecule has 4 nitrogen and oxygen atoms in total. The summed E-state index contributed by atoms with van der Waals surface area (Å²) in [5, 5.41) is 12.8. The average molecular weight is 285 g/mol. The summed E-state index contributed by atoms with van der Waals surface area (Å²) in [5.74, 6) is -0.286. The van der Waals surface area contributed by atoms with E-state index in [1.165, 1.54) is 6.07 Å². The second-order valence-corrected chi connectivity index (χ2v) is 4.68. The van der Waals surface area contributed by atoms with Gasteiger partial charge in [-0.25, -0.2) is 4.39 Å². The van der Waals surface area contributed by atoms with Crippen molar-refractivity contribution in [3.05, 3.63) is 35.6 Å². The summed E-state index contributed by atoms with van der Waals surface area (Å²) in [6, 6.07) is 6.46. The number of aliphatic hydroxyl groups is 1. The lowest BCUT2D eigenvalue weighted by atomic mass is 10.2. The van der Waals surface area contributed by atoms with Gasteiger partial charge in [-0.05, 0) is 19.9 Å². The zero-order chi connectivity index (χ0) is 14.8. The highest BCUT2D eigenvalue weighted by atomic mass is 19.1. The number of hydrogen-bond donors (Lipinski definition) is 2. The van der Waals surface area contributed by atoms with Crippen LogP contribution in [0.25, 0.3) is 0 Å². The number of hydrogen-bond acceptors (Lipinski definition) is 4. The molecule has 0 fully saturated rings. The maximum Gasteiger partial charge on any atom is 0.128 e. The van der Waals surface area contributed by atoms with Crippen LogP contribution in [-0.4, -0.2) is 43.6 Å². The molecule has 1 rings (SSSR count). The first-order valence-electron chi connectivity index (χ1n) is 6.95. The molecule has 1 aromatic carbocycles. The van der Waals surface area contributed by atoms with Crippen molar-refractivity contribution < 1.29 is 19.0 Å². The minimum absolute atomic E-state index is 0.117. The molecular weight excluding hydrogens is 261 g/mol. The fourth-order valence-corrected chi connectivity index (χ4v) is 1.78. The van der Waals surface area contributed by atoms with E-state index in [9.17, 15) is 9.50 Å². The largest absolute Gasteiger partial charge is 0.389 e. The monoisotopic (exact) mass is 285 g/mol. The molecule has 0 spiro atoms. The Kier molecular flexibility index (Phi) is 8.37. The van der Waals surface area contributed by atoms with E-state index >= 15 is 0 Å². The summed E-state index contributed by atoms with van der Waals surface area (Å²) in [6.07, 6.45) is -0.498. The molecule has 2 unspecified atom stereocenters. The van der Waals surface area contributed by atoms with Crippen LogP contribution >= 0.6 is 0 Å². The first-order valence-corrected chi connectivity index (χ1v) is 6.95. The predicted molar refractivity (Wildman–Crippen MR) is 76.0 cm³/mol. The Labute approximate surface area is 119 Å². The summed E-state index contributed by atoms with van der Waals surface area (Å²) in [7, 11) is 0. The molecular formula is C15H24FNO3. The van der Waals surface area contributed by atoms with Crippen LogP contribution in [0.4, 0.5) is 4.39 Å². The van der Waals surface area contributed by atoms with Crippen LogP contribution in [0.1, 0.15) is 19.4 Å². The van der Waals surface area contributed by atoms with Gasteiger partial charge < -0.3 is 19.9 Å². The molecule has 20 heavy (non-hydrogen) atoms. The van der Waals surface area contributed by atoms with Gasteiger partial charge in [-0.2, -0.15) is 0 Å². The van der Waals surface area contributed by atoms with Crippen LogP contribution in [0, 0.1) is 5.82 Å². The Morgan fingerprint density at radius 2 is 2.05 bits per heavy atom. The highest BCUT2D eigenvalue weighted by Crippen LogP contribution is 2.07. The lowest BCUT2D eigenvalue weighted by Gasteiger charge is -2.15. The van der Waals surface area contributed by atoms with Gasteiger partial charge in [0.05, 0.1) is 25.4 Å². The SMILES string of the molecule is CCOC(C)CNCC(O)COCc1ccccc1F. The molecule has 2 atom stereocenters. The number of halogens is 1. The first kappa shape index (κ1) is 17.0. The van der Waals surface area contributed by atoms with E-state index in [-0.39, 0.29) is 25.1 Å². The zero-order valence-corrected chi connectivity index (χ0v) is 12.1. The van der Waals surface area contributed by atoms with E-state index in [0.717, 1.165) is 0 Å². The number of aliphatic hydroxyl groups excluding tert-OH is 1. The van der Waals surface area contributed by atoms with Gasteiger partial charge in [0.1, 0.15) is 5.82 Å². The molecule has 0 heterocycles. The number of ether oxygens (including phenoxy) is 2. The predicted octanol–water partition coefficient (Wildman–Crippen LogP) is 1.72. The summed E-state index contributed by atoms with van der Waals surface area (Å²) in [5.41, 5.74) is 0.498. The van der Waals surface area contributed by atoms with Gasteiger partial charge in [0.15, 0.2) is 0 Å². The molecule has 0 bridgehead atoms. The van der Waals surface area contributed by atoms with E-state index in [1.54, 1.807) is 18.2 Å². The Bertz CT molecular complexity index is 376. The van der Waals surface area contributed by atoms with Crippen molar-refractivity contribution in [1.82, 2.24) is 5.32 Å². The number of rotatable bonds is 10. The molecule has 0 saturated heterocycles. The number of nitrogens with one attached hydrogen (secondary N) is 1. The molecule has 0 aromatic heterocycles. The van der Waals surface area contributed by atoms with Crippen LogP contribution in [0.5, 0.6) is 0 Å². The van der Waals surface area contributed by atoms with Gasteiger partial charge in [-0.1, -0.05) is 18.2 Å². The van der Waals surface area contributed by atoms with Crippen molar-refractivity contribution in [3.63, 3.8) is 0 Å². The topological polar surface area (TPSA) is 50.7 Å². The van der Waals surface area contributed by atoms with E-state index in [0.29, 0.717) is 25.3 Å². The zero-order valence-electron chi connectivity index (χ0n) is 12.1. The van der Waals surface area contributed by atoms with Crippen molar-refractivity contribution in [2.24, 2.45) is 0 Å². The highest BCUT2D eigenvalue weighted by Gasteiger charge is 2.07. The minimum atomic E-state index is -0.615. The van der Waals surface area contributed by atoms with E-state index in [1.807, 2.05) is 13.8 Å². The maximum absolute atomic E-state index is 13.3. The van der Waals surface area contributed by atoms with E-state index in [2.05, 4.69) is 5.32 Å². The third-order valence-electron chi connectivity index (χ3n) is 2.79. The molecule has 0 aliphatic carbocycles. The van der Waals surface area contributed by atoms with Gasteiger partial charge in [0.25, 0.3) is 0 Å². The van der Waals surface area contributed by atoms with Crippen LogP contribution in [-0.2, 0) is 16.1 Å². The Morgan fingerprint density at radius 3 is 2.75 bits per heavy atom. The summed E-state index contributed by atoms with van der Waals surface area (Å²) < 4.78 is 24.0. The second kappa shape index (κ2) is 9.83. The third-order valence-corrected chi connectivity index (χ3v) is 2.79. The normalized spacial score (nSPS) is 14.2. The number of benzene rings is 1. The summed E-state index contributed by atoms with van der Waals surface area (Å²) in [6.45, 7) is 6.03. The van der Waals surface area contributed by atoms with Crippen LogP contribution in [0.15, 0.2) is 24.3 Å². The van der Waals surface area contributed by atoms with Gasteiger partial charge in [-0.3, -0.25) is 0 Å². The summed E-state index contributed by atoms with van der Waals surface area (Å²) in [4.78, 5) is 0. The van der Waals surface area contributed by atoms with Gasteiger partial charge in [-0.15, -0.1) is 0 Å². The van der Waals surface area contributed by atoms with Gasteiger partial charge in [0.2, 0.25) is 0 Å². The van der Waals surface area contributed by atoms with Crippen LogP contribution < -0.4 is 5.32 Å². The Hall–Kier alpha value is -1.01. The van der Waals surface area contributed by atoms with E-state index < -0.39 is 6.10 Å². The standard InChI is InChI=1S/C15H24FNO3/c1-3-20-12(2)8-17-9-14(18)11-19-10-13-6-4-5-7-15(13)16/h4-7,12,14,17-18H,3,8-11H2,1-2H3. The van der Waals surface area contributed by atoms with E-state index in [4.69, 9.17) is 9.47 Å². The molecule has 2 N–H and O–H groups in total. The van der Waals surface area contributed by atoms with Crippen LogP contribution in [0.3, 0.4) is 0 Å². The van der Waals surface area contributed by atoms with Crippen molar-refractivity contribution in [2.45, 2.75) is 32.7 Å². The second-order valence-electron chi connectivity index (χ2n) is 4.68. The molecule has 0 aliphatic heterocycles. The van der Waals surface area contributed by atoms with Gasteiger partial charge >= 0.3 is 0 Å². The van der Waals surface area contributed by atoms with Crippen molar-refractivity contribution in [1.29, 1.82) is 0 Å². The molecule has 0 saturated carbocycles. The van der Waals surface area contributed by atoms with Crippen molar-refractivity contribution in [2.75, 3.05) is 26.3 Å². The Morgan fingerprint density at radius 1 is 1.30 bits per heavy atom.